The Balaban J connectivity index is 1.63. The van der Waals surface area contributed by atoms with E-state index in [2.05, 4.69) is 17.6 Å². The Kier molecular flexibility index (Phi) is 4.03. The lowest BCUT2D eigenvalue weighted by Crippen LogP contribution is -2.19. The summed E-state index contributed by atoms with van der Waals surface area (Å²) in [5.41, 5.74) is 9.02. The lowest BCUT2D eigenvalue weighted by molar-refractivity contribution is -0.115. The van der Waals surface area contributed by atoms with Gasteiger partial charge in [-0.05, 0) is 54.5 Å². The number of nitrogens with one attached hydrogen (secondary N) is 2. The zero-order valence-electron chi connectivity index (χ0n) is 14.3. The second kappa shape index (κ2) is 6.25. The van der Waals surface area contributed by atoms with Crippen molar-refractivity contribution in [1.29, 1.82) is 0 Å². The maximum atomic E-state index is 12.7. The number of primary amides is 1. The molecule has 0 bridgehead atoms. The molecule has 0 saturated carbocycles. The quantitative estimate of drug-likeness (QED) is 0.775. The highest BCUT2D eigenvalue weighted by Gasteiger charge is 2.27. The fourth-order valence-corrected chi connectivity index (χ4v) is 5.06. The van der Waals surface area contributed by atoms with Crippen molar-refractivity contribution >= 4 is 39.7 Å². The van der Waals surface area contributed by atoms with E-state index in [9.17, 15) is 14.4 Å². The third-order valence-corrected chi connectivity index (χ3v) is 6.15. The molecular weight excluding hydrogens is 350 g/mol. The zero-order chi connectivity index (χ0) is 18.4. The smallest absolute Gasteiger partial charge is 0.256 e. The summed E-state index contributed by atoms with van der Waals surface area (Å²) in [5.74, 6) is -0.321. The molecule has 134 valence electrons. The van der Waals surface area contributed by atoms with Crippen LogP contribution in [0.15, 0.2) is 18.2 Å². The second-order valence-electron chi connectivity index (χ2n) is 6.97. The second-order valence-corrected chi connectivity index (χ2v) is 8.08. The highest BCUT2D eigenvalue weighted by atomic mass is 32.1. The lowest BCUT2D eigenvalue weighted by atomic mass is 9.88. The normalized spacial score (nSPS) is 18.0. The first kappa shape index (κ1) is 16.8. The Bertz CT molecular complexity index is 948. The van der Waals surface area contributed by atoms with Gasteiger partial charge in [0.2, 0.25) is 5.91 Å². The molecule has 0 spiro atoms. The number of hydrogen-bond donors (Lipinski definition) is 3. The molecule has 1 aliphatic carbocycles. The number of benzene rings is 1. The van der Waals surface area contributed by atoms with E-state index < -0.39 is 5.91 Å². The Morgan fingerprint density at radius 1 is 1.35 bits per heavy atom. The Hall–Kier alpha value is -2.67. The summed E-state index contributed by atoms with van der Waals surface area (Å²) < 4.78 is 0. The number of amides is 3. The summed E-state index contributed by atoms with van der Waals surface area (Å²) in [5, 5.41) is 6.12. The minimum atomic E-state index is -0.504. The summed E-state index contributed by atoms with van der Waals surface area (Å²) in [6.45, 7) is 2.19. The van der Waals surface area contributed by atoms with Gasteiger partial charge in [0.25, 0.3) is 11.8 Å². The van der Waals surface area contributed by atoms with E-state index in [1.807, 2.05) is 0 Å². The summed E-state index contributed by atoms with van der Waals surface area (Å²) in [7, 11) is 0. The predicted octanol–water partition coefficient (Wildman–Crippen LogP) is 2.72. The van der Waals surface area contributed by atoms with Crippen molar-refractivity contribution in [3.05, 3.63) is 45.3 Å². The Morgan fingerprint density at radius 3 is 2.92 bits per heavy atom. The number of carbonyl (C=O) groups is 3. The maximum absolute atomic E-state index is 12.7. The van der Waals surface area contributed by atoms with Crippen LogP contribution in [0.1, 0.15) is 50.1 Å². The molecule has 2 heterocycles. The SMILES string of the molecule is CC1CCc2c(sc(NC(=O)c3ccc4c(c3)CC(=O)N4)c2C(N)=O)C1. The maximum Gasteiger partial charge on any atom is 0.256 e. The van der Waals surface area contributed by atoms with Gasteiger partial charge in [0.1, 0.15) is 5.00 Å². The lowest BCUT2D eigenvalue weighted by Gasteiger charge is -2.18. The van der Waals surface area contributed by atoms with Crippen LogP contribution in [0.3, 0.4) is 0 Å². The Labute approximate surface area is 154 Å². The number of nitrogens with two attached hydrogens (primary N) is 1. The van der Waals surface area contributed by atoms with Crippen LogP contribution < -0.4 is 16.4 Å². The molecule has 4 N–H and O–H groups in total. The van der Waals surface area contributed by atoms with E-state index in [4.69, 9.17) is 5.73 Å². The van der Waals surface area contributed by atoms with Crippen molar-refractivity contribution in [2.75, 3.05) is 10.6 Å². The third-order valence-electron chi connectivity index (χ3n) is 4.98. The molecule has 3 amide bonds. The number of rotatable bonds is 3. The fraction of sp³-hybridized carbons (Fsp3) is 0.316. The van der Waals surface area contributed by atoms with Gasteiger partial charge >= 0.3 is 0 Å². The summed E-state index contributed by atoms with van der Waals surface area (Å²) in [6, 6.07) is 5.10. The van der Waals surface area contributed by atoms with Gasteiger partial charge in [-0.2, -0.15) is 0 Å². The van der Waals surface area contributed by atoms with Gasteiger partial charge in [0.15, 0.2) is 0 Å². The topological polar surface area (TPSA) is 101 Å². The van der Waals surface area contributed by atoms with Crippen molar-refractivity contribution < 1.29 is 14.4 Å². The largest absolute Gasteiger partial charge is 0.365 e. The highest BCUT2D eigenvalue weighted by molar-refractivity contribution is 7.17. The first-order chi connectivity index (χ1) is 12.4. The molecule has 7 heteroatoms. The third kappa shape index (κ3) is 2.88. The highest BCUT2D eigenvalue weighted by Crippen LogP contribution is 2.39. The molecule has 1 aromatic heterocycles. The molecule has 0 fully saturated rings. The van der Waals surface area contributed by atoms with Crippen LogP contribution in [0.5, 0.6) is 0 Å². The summed E-state index contributed by atoms with van der Waals surface area (Å²) in [4.78, 5) is 37.3. The molecule has 2 aliphatic rings. The van der Waals surface area contributed by atoms with Crippen LogP contribution in [-0.4, -0.2) is 17.7 Å². The van der Waals surface area contributed by atoms with Crippen LogP contribution in [0.4, 0.5) is 10.7 Å². The van der Waals surface area contributed by atoms with Crippen LogP contribution in [0.25, 0.3) is 0 Å². The molecule has 1 aliphatic heterocycles. The predicted molar refractivity (Wildman–Crippen MR) is 101 cm³/mol. The van der Waals surface area contributed by atoms with Crippen LogP contribution in [0.2, 0.25) is 0 Å². The average Bonchev–Trinajstić information content (AvgIpc) is 3.12. The fourth-order valence-electron chi connectivity index (χ4n) is 3.65. The Morgan fingerprint density at radius 2 is 2.15 bits per heavy atom. The molecule has 1 atom stereocenters. The van der Waals surface area contributed by atoms with E-state index >= 15 is 0 Å². The van der Waals surface area contributed by atoms with Gasteiger partial charge < -0.3 is 16.4 Å². The molecule has 2 aromatic rings. The number of hydrogen-bond acceptors (Lipinski definition) is 4. The van der Waals surface area contributed by atoms with Gasteiger partial charge in [0, 0.05) is 16.1 Å². The van der Waals surface area contributed by atoms with Gasteiger partial charge in [-0.25, -0.2) is 0 Å². The number of thiophene rings is 1. The zero-order valence-corrected chi connectivity index (χ0v) is 15.2. The first-order valence-corrected chi connectivity index (χ1v) is 9.42. The van der Waals surface area contributed by atoms with Crippen LogP contribution in [-0.2, 0) is 24.1 Å². The molecular formula is C19H19N3O3S. The van der Waals surface area contributed by atoms with Gasteiger partial charge in [-0.15, -0.1) is 11.3 Å². The molecule has 6 nitrogen and oxygen atoms in total. The van der Waals surface area contributed by atoms with E-state index in [0.717, 1.165) is 41.0 Å². The summed E-state index contributed by atoms with van der Waals surface area (Å²) in [6.07, 6.45) is 3.01. The molecule has 0 radical (unpaired) electrons. The van der Waals surface area contributed by atoms with Crippen molar-refractivity contribution in [2.45, 2.75) is 32.6 Å². The monoisotopic (exact) mass is 369 g/mol. The van der Waals surface area contributed by atoms with Crippen molar-refractivity contribution in [3.63, 3.8) is 0 Å². The standard InChI is InChI=1S/C19H19N3O3S/c1-9-2-4-12-14(6-9)26-19(16(12)17(20)24)22-18(25)10-3-5-13-11(7-10)8-15(23)21-13/h3,5,7,9H,2,4,6,8H2,1H3,(H2,20,24)(H,21,23)(H,22,25). The molecule has 1 unspecified atom stereocenters. The summed E-state index contributed by atoms with van der Waals surface area (Å²) >= 11 is 1.44. The molecule has 4 rings (SSSR count). The molecule has 0 saturated heterocycles. The van der Waals surface area contributed by atoms with Crippen molar-refractivity contribution in [3.8, 4) is 0 Å². The first-order valence-electron chi connectivity index (χ1n) is 8.61. The minimum Gasteiger partial charge on any atom is -0.365 e. The van der Waals surface area contributed by atoms with Gasteiger partial charge in [-0.1, -0.05) is 6.92 Å². The van der Waals surface area contributed by atoms with Crippen molar-refractivity contribution in [1.82, 2.24) is 0 Å². The number of fused-ring (bicyclic) bond motifs is 2. The molecule has 26 heavy (non-hydrogen) atoms. The van der Waals surface area contributed by atoms with E-state index in [1.165, 1.54) is 11.3 Å². The number of anilines is 2. The van der Waals surface area contributed by atoms with E-state index in [1.54, 1.807) is 18.2 Å². The van der Waals surface area contributed by atoms with E-state index in [0.29, 0.717) is 22.0 Å². The molecule has 1 aromatic carbocycles. The van der Waals surface area contributed by atoms with Crippen LogP contribution in [0, 0.1) is 5.92 Å². The minimum absolute atomic E-state index is 0.0753. The van der Waals surface area contributed by atoms with Gasteiger partial charge in [-0.3, -0.25) is 14.4 Å². The van der Waals surface area contributed by atoms with Gasteiger partial charge in [0.05, 0.1) is 12.0 Å². The average molecular weight is 369 g/mol. The van der Waals surface area contributed by atoms with Crippen molar-refractivity contribution in [2.24, 2.45) is 11.7 Å². The van der Waals surface area contributed by atoms with Crippen LogP contribution >= 0.6 is 11.3 Å². The number of carbonyl (C=O) groups excluding carboxylic acids is 3. The van der Waals surface area contributed by atoms with E-state index in [-0.39, 0.29) is 18.2 Å².